The molecule has 0 bridgehead atoms. The van der Waals surface area contributed by atoms with Crippen molar-refractivity contribution in [2.45, 2.75) is 26.4 Å². The average Bonchev–Trinajstić information content (AvgIpc) is 2.58. The fourth-order valence-electron chi connectivity index (χ4n) is 1.47. The fourth-order valence-corrected chi connectivity index (χ4v) is 1.47. The highest BCUT2D eigenvalue weighted by Crippen LogP contribution is 2.23. The van der Waals surface area contributed by atoms with Crippen molar-refractivity contribution in [2.24, 2.45) is 0 Å². The van der Waals surface area contributed by atoms with Gasteiger partial charge in [0.25, 0.3) is 0 Å². The molecule has 0 aliphatic carbocycles. The van der Waals surface area contributed by atoms with Gasteiger partial charge in [-0.05, 0) is 26.8 Å². The number of hydrogen-bond donors (Lipinski definition) is 0. The average molecular weight is 218 g/mol. The molecule has 3 heteroatoms. The van der Waals surface area contributed by atoms with E-state index in [9.17, 15) is 4.79 Å². The second kappa shape index (κ2) is 3.67. The molecule has 1 aromatic carbocycles. The molecule has 0 unspecified atom stereocenters. The summed E-state index contributed by atoms with van der Waals surface area (Å²) in [6.07, 6.45) is 1.44. The van der Waals surface area contributed by atoms with Crippen LogP contribution in [0.15, 0.2) is 34.9 Å². The molecule has 0 aliphatic heterocycles. The van der Waals surface area contributed by atoms with Crippen molar-refractivity contribution in [3.05, 3.63) is 36.1 Å². The number of rotatable bonds is 1. The third kappa shape index (κ3) is 2.08. The van der Waals surface area contributed by atoms with Gasteiger partial charge in [-0.25, -0.2) is 4.79 Å². The second-order valence-corrected chi connectivity index (χ2v) is 4.65. The standard InChI is InChI=1S/C13H14O3/c1-13(2,3)16-12(14)10-8-15-11-7-5-4-6-9(10)11/h4-8H,1-3H3. The van der Waals surface area contributed by atoms with E-state index in [0.29, 0.717) is 11.1 Å². The Hall–Kier alpha value is -1.77. The van der Waals surface area contributed by atoms with Gasteiger partial charge in [-0.2, -0.15) is 0 Å². The van der Waals surface area contributed by atoms with Gasteiger partial charge in [-0.1, -0.05) is 18.2 Å². The summed E-state index contributed by atoms with van der Waals surface area (Å²) in [4.78, 5) is 11.9. The molecule has 0 N–H and O–H groups in total. The van der Waals surface area contributed by atoms with Gasteiger partial charge in [0.2, 0.25) is 0 Å². The maximum atomic E-state index is 11.9. The molecule has 0 fully saturated rings. The predicted octanol–water partition coefficient (Wildman–Crippen LogP) is 3.39. The summed E-state index contributed by atoms with van der Waals surface area (Å²) < 4.78 is 10.6. The maximum Gasteiger partial charge on any atom is 0.342 e. The number of esters is 1. The quantitative estimate of drug-likeness (QED) is 0.689. The van der Waals surface area contributed by atoms with Crippen molar-refractivity contribution >= 4 is 16.9 Å². The van der Waals surface area contributed by atoms with Crippen molar-refractivity contribution in [1.29, 1.82) is 0 Å². The van der Waals surface area contributed by atoms with E-state index in [1.165, 1.54) is 6.26 Å². The van der Waals surface area contributed by atoms with Gasteiger partial charge >= 0.3 is 5.97 Å². The number of fused-ring (bicyclic) bond motifs is 1. The van der Waals surface area contributed by atoms with Crippen molar-refractivity contribution in [3.8, 4) is 0 Å². The summed E-state index contributed by atoms with van der Waals surface area (Å²) in [6.45, 7) is 5.52. The summed E-state index contributed by atoms with van der Waals surface area (Å²) in [5.41, 5.74) is 0.684. The molecule has 2 aromatic rings. The van der Waals surface area contributed by atoms with E-state index >= 15 is 0 Å². The number of carbonyl (C=O) groups excluding carboxylic acids is 1. The minimum absolute atomic E-state index is 0.350. The third-order valence-electron chi connectivity index (χ3n) is 2.10. The minimum atomic E-state index is -0.491. The van der Waals surface area contributed by atoms with Crippen molar-refractivity contribution in [1.82, 2.24) is 0 Å². The van der Waals surface area contributed by atoms with E-state index < -0.39 is 5.60 Å². The van der Waals surface area contributed by atoms with Gasteiger partial charge in [0.1, 0.15) is 23.0 Å². The van der Waals surface area contributed by atoms with Crippen LogP contribution in [0.5, 0.6) is 0 Å². The molecule has 84 valence electrons. The van der Waals surface area contributed by atoms with Crippen LogP contribution in [0, 0.1) is 0 Å². The summed E-state index contributed by atoms with van der Waals surface area (Å²) >= 11 is 0. The molecule has 1 heterocycles. The van der Waals surface area contributed by atoms with Crippen LogP contribution in [0.25, 0.3) is 11.0 Å². The monoisotopic (exact) mass is 218 g/mol. The molecule has 1 aromatic heterocycles. The maximum absolute atomic E-state index is 11.9. The zero-order valence-electron chi connectivity index (χ0n) is 9.61. The number of furan rings is 1. The normalized spacial score (nSPS) is 11.7. The van der Waals surface area contributed by atoms with Gasteiger partial charge in [0.05, 0.1) is 0 Å². The van der Waals surface area contributed by atoms with Gasteiger partial charge < -0.3 is 9.15 Å². The summed E-state index contributed by atoms with van der Waals surface area (Å²) in [7, 11) is 0. The molecule has 0 amide bonds. The first-order valence-corrected chi connectivity index (χ1v) is 5.17. The van der Waals surface area contributed by atoms with Crippen LogP contribution < -0.4 is 0 Å². The topological polar surface area (TPSA) is 39.4 Å². The third-order valence-corrected chi connectivity index (χ3v) is 2.10. The molecular weight excluding hydrogens is 204 g/mol. The van der Waals surface area contributed by atoms with Crippen LogP contribution in [0.1, 0.15) is 31.1 Å². The molecule has 0 radical (unpaired) electrons. The van der Waals surface area contributed by atoms with Crippen molar-refractivity contribution in [3.63, 3.8) is 0 Å². The predicted molar refractivity (Wildman–Crippen MR) is 61.4 cm³/mol. The van der Waals surface area contributed by atoms with Crippen LogP contribution in [-0.2, 0) is 4.74 Å². The Morgan fingerprint density at radius 2 is 1.94 bits per heavy atom. The Labute approximate surface area is 94.0 Å². The SMILES string of the molecule is CC(C)(C)OC(=O)c1coc2ccccc12. The Bertz CT molecular complexity index is 517. The van der Waals surface area contributed by atoms with Crippen LogP contribution in [0.3, 0.4) is 0 Å². The number of ether oxygens (including phenoxy) is 1. The second-order valence-electron chi connectivity index (χ2n) is 4.65. The number of benzene rings is 1. The molecule has 0 saturated carbocycles. The highest BCUT2D eigenvalue weighted by atomic mass is 16.6. The Morgan fingerprint density at radius 1 is 1.25 bits per heavy atom. The highest BCUT2D eigenvalue weighted by molar-refractivity contribution is 6.03. The summed E-state index contributed by atoms with van der Waals surface area (Å²) in [5.74, 6) is -0.350. The number of para-hydroxylation sites is 1. The molecule has 16 heavy (non-hydrogen) atoms. The van der Waals surface area contributed by atoms with Crippen LogP contribution >= 0.6 is 0 Å². The van der Waals surface area contributed by atoms with Crippen molar-refractivity contribution in [2.75, 3.05) is 0 Å². The molecule has 0 atom stereocenters. The van der Waals surface area contributed by atoms with E-state index in [-0.39, 0.29) is 5.97 Å². The lowest BCUT2D eigenvalue weighted by Gasteiger charge is -2.18. The van der Waals surface area contributed by atoms with Crippen LogP contribution in [0.2, 0.25) is 0 Å². The zero-order valence-corrected chi connectivity index (χ0v) is 9.61. The van der Waals surface area contributed by atoms with E-state index in [4.69, 9.17) is 9.15 Å². The fraction of sp³-hybridized carbons (Fsp3) is 0.308. The van der Waals surface area contributed by atoms with Gasteiger partial charge in [0, 0.05) is 5.39 Å². The van der Waals surface area contributed by atoms with E-state index in [0.717, 1.165) is 5.39 Å². The molecule has 0 saturated heterocycles. The summed E-state index contributed by atoms with van der Waals surface area (Å²) in [5, 5.41) is 0.789. The Morgan fingerprint density at radius 3 is 2.62 bits per heavy atom. The van der Waals surface area contributed by atoms with Crippen LogP contribution in [0.4, 0.5) is 0 Å². The zero-order chi connectivity index (χ0) is 11.8. The van der Waals surface area contributed by atoms with Gasteiger partial charge in [-0.3, -0.25) is 0 Å². The molecule has 0 aliphatic rings. The molecule has 0 spiro atoms. The summed E-state index contributed by atoms with van der Waals surface area (Å²) in [6, 6.07) is 7.40. The largest absolute Gasteiger partial charge is 0.463 e. The van der Waals surface area contributed by atoms with E-state index in [1.807, 2.05) is 45.0 Å². The van der Waals surface area contributed by atoms with Gasteiger partial charge in [-0.15, -0.1) is 0 Å². The number of hydrogen-bond acceptors (Lipinski definition) is 3. The first kappa shape index (κ1) is 10.7. The molecule has 2 rings (SSSR count). The lowest BCUT2D eigenvalue weighted by Crippen LogP contribution is -2.23. The molecular formula is C13H14O3. The van der Waals surface area contributed by atoms with E-state index in [2.05, 4.69) is 0 Å². The van der Waals surface area contributed by atoms with Crippen LogP contribution in [-0.4, -0.2) is 11.6 Å². The first-order valence-electron chi connectivity index (χ1n) is 5.17. The van der Waals surface area contributed by atoms with Gasteiger partial charge in [0.15, 0.2) is 0 Å². The molecule has 3 nitrogen and oxygen atoms in total. The van der Waals surface area contributed by atoms with Crippen molar-refractivity contribution < 1.29 is 13.9 Å². The lowest BCUT2D eigenvalue weighted by molar-refractivity contribution is 0.00709. The number of carbonyl (C=O) groups is 1. The highest BCUT2D eigenvalue weighted by Gasteiger charge is 2.21. The Balaban J connectivity index is 2.37. The Kier molecular flexibility index (Phi) is 2.46. The lowest BCUT2D eigenvalue weighted by atomic mass is 10.1. The van der Waals surface area contributed by atoms with E-state index in [1.54, 1.807) is 0 Å². The first-order chi connectivity index (χ1) is 7.47. The minimum Gasteiger partial charge on any atom is -0.463 e. The smallest absolute Gasteiger partial charge is 0.342 e.